The molecule has 0 aliphatic carbocycles. The van der Waals surface area contributed by atoms with Gasteiger partial charge in [-0.3, -0.25) is 0 Å². The van der Waals surface area contributed by atoms with Crippen LogP contribution in [-0.2, 0) is 23.3 Å². The first-order valence-electron chi connectivity index (χ1n) is 16.6. The summed E-state index contributed by atoms with van der Waals surface area (Å²) in [5, 5.41) is 10.7. The van der Waals surface area contributed by atoms with E-state index in [0.717, 1.165) is 0 Å². The molecule has 0 saturated carbocycles. The summed E-state index contributed by atoms with van der Waals surface area (Å²) in [5.41, 5.74) is 9.49. The molecular weight excluding hydrogens is 684 g/mol. The van der Waals surface area contributed by atoms with E-state index in [4.69, 9.17) is 0 Å². The fourth-order valence-electron chi connectivity index (χ4n) is 7.12. The average molecular weight is 730 g/mol. The van der Waals surface area contributed by atoms with Gasteiger partial charge in [0.2, 0.25) is 0 Å². The van der Waals surface area contributed by atoms with Crippen LogP contribution in [0.15, 0.2) is 140 Å². The van der Waals surface area contributed by atoms with Gasteiger partial charge in [0.05, 0.1) is 0 Å². The summed E-state index contributed by atoms with van der Waals surface area (Å²) in [4.78, 5) is 0. The molecule has 0 aliphatic rings. The molecule has 8 rings (SSSR count). The third-order valence-electron chi connectivity index (χ3n) is 9.47. The van der Waals surface area contributed by atoms with E-state index in [1.54, 1.807) is 0 Å². The van der Waals surface area contributed by atoms with E-state index in [1.165, 1.54) is 118 Å². The van der Waals surface area contributed by atoms with E-state index in [0.29, 0.717) is 5.92 Å². The van der Waals surface area contributed by atoms with Crippen molar-refractivity contribution in [2.75, 3.05) is 0 Å². The third-order valence-corrected chi connectivity index (χ3v) is 9.47. The minimum atomic E-state index is 0. The number of benzene rings is 6. The molecular formula is C47H46SiZr-4. The summed E-state index contributed by atoms with van der Waals surface area (Å²) in [5.74, 6) is 0.628. The molecule has 0 N–H and O–H groups in total. The molecule has 8 aromatic rings. The van der Waals surface area contributed by atoms with E-state index >= 15 is 0 Å². The van der Waals surface area contributed by atoms with E-state index in [2.05, 4.69) is 174 Å². The van der Waals surface area contributed by atoms with Crippen molar-refractivity contribution in [1.82, 2.24) is 0 Å². The van der Waals surface area contributed by atoms with Crippen LogP contribution in [0.3, 0.4) is 0 Å². The maximum absolute atomic E-state index is 3.06. The molecule has 0 spiro atoms. The molecule has 49 heavy (non-hydrogen) atoms. The van der Waals surface area contributed by atoms with Crippen LogP contribution < -0.4 is 0 Å². The topological polar surface area (TPSA) is 0 Å². The summed E-state index contributed by atoms with van der Waals surface area (Å²) in [6.45, 7) is 12.0. The van der Waals surface area contributed by atoms with Gasteiger partial charge in [-0.1, -0.05) is 142 Å². The fourth-order valence-corrected chi connectivity index (χ4v) is 7.12. The molecule has 0 heterocycles. The second kappa shape index (κ2) is 17.2. The molecule has 0 saturated heterocycles. The van der Waals surface area contributed by atoms with Crippen LogP contribution in [-0.4, -0.2) is 6.88 Å². The zero-order chi connectivity index (χ0) is 32.9. The summed E-state index contributed by atoms with van der Waals surface area (Å²) in [6, 6.07) is 51.0. The van der Waals surface area contributed by atoms with Gasteiger partial charge in [-0.15, -0.1) is 68.6 Å². The van der Waals surface area contributed by atoms with Gasteiger partial charge in [-0.25, -0.2) is 0 Å². The number of rotatable bonds is 5. The molecule has 1 atom stereocenters. The number of hydrogen-bond acceptors (Lipinski definition) is 0. The Morgan fingerprint density at radius 1 is 0.571 bits per heavy atom. The van der Waals surface area contributed by atoms with Crippen molar-refractivity contribution in [3.63, 3.8) is 0 Å². The standard InChI is InChI=1S/C24H23.C21H17.2CH3.Si.Zr/c1-3-8-17(2)20-15-19-11-7-14-23(24(19)16-20)22-13-6-10-18-9-4-5-12-21(18)22;1-14-12-20-15(2)10-11-19(21(20)13-14)18-9-5-7-16-6-3-4-8-17(16)18;;;;/h4-7,9-17H,3,8H2,1-2H3;3-13H,1-2H3;2*1H3;;/q4*-1;;. The SMILES string of the molecule is CCCC(C)c1cc2c(-c3cccc4ccccc34)cccc2[cH-]1.Cc1cc2c(-c3cccc4ccccc34)ccc(C)c2[cH-]1.[CH3-].[CH3-].[Si]=[Zr]. The van der Waals surface area contributed by atoms with Crippen molar-refractivity contribution in [3.05, 3.63) is 171 Å². The minimum absolute atomic E-state index is 0. The zero-order valence-corrected chi connectivity index (χ0v) is 33.2. The first-order chi connectivity index (χ1) is 23.0. The monoisotopic (exact) mass is 728 g/mol. The summed E-state index contributed by atoms with van der Waals surface area (Å²) < 4.78 is 0. The Morgan fingerprint density at radius 2 is 1.08 bits per heavy atom. The van der Waals surface area contributed by atoms with Gasteiger partial charge in [0, 0.05) is 0 Å². The molecule has 0 aliphatic heterocycles. The Balaban J connectivity index is 0.000000204. The second-order valence-corrected chi connectivity index (χ2v) is 12.6. The average Bonchev–Trinajstić information content (AvgIpc) is 3.74. The van der Waals surface area contributed by atoms with Gasteiger partial charge in [0.15, 0.2) is 0 Å². The number of hydrogen-bond donors (Lipinski definition) is 0. The Kier molecular flexibility index (Phi) is 13.3. The van der Waals surface area contributed by atoms with Crippen molar-refractivity contribution in [3.8, 4) is 22.3 Å². The maximum atomic E-state index is 3.06. The normalized spacial score (nSPS) is 11.2. The van der Waals surface area contributed by atoms with Gasteiger partial charge < -0.3 is 14.9 Å². The molecule has 0 nitrogen and oxygen atoms in total. The first kappa shape index (κ1) is 38.0. The fraction of sp³-hybridized carbons (Fsp3) is 0.149. The van der Waals surface area contributed by atoms with Crippen molar-refractivity contribution in [2.45, 2.75) is 46.5 Å². The molecule has 0 fully saturated rings. The van der Waals surface area contributed by atoms with Gasteiger partial charge in [-0.2, -0.15) is 12.1 Å². The van der Waals surface area contributed by atoms with Crippen LogP contribution >= 0.6 is 0 Å². The van der Waals surface area contributed by atoms with Crippen LogP contribution in [0.25, 0.3) is 65.3 Å². The van der Waals surface area contributed by atoms with Gasteiger partial charge >= 0.3 is 30.2 Å². The molecule has 0 amide bonds. The summed E-state index contributed by atoms with van der Waals surface area (Å²) >= 11 is 1.36. The van der Waals surface area contributed by atoms with Crippen molar-refractivity contribution < 1.29 is 23.3 Å². The van der Waals surface area contributed by atoms with Crippen molar-refractivity contribution in [2.24, 2.45) is 0 Å². The molecule has 0 bridgehead atoms. The quantitative estimate of drug-likeness (QED) is 0.122. The Bertz CT molecular complexity index is 2290. The van der Waals surface area contributed by atoms with Gasteiger partial charge in [0.1, 0.15) is 0 Å². The van der Waals surface area contributed by atoms with Crippen molar-refractivity contribution in [1.29, 1.82) is 0 Å². The molecule has 2 heteroatoms. The Morgan fingerprint density at radius 3 is 1.67 bits per heavy atom. The van der Waals surface area contributed by atoms with Crippen LogP contribution in [0.5, 0.6) is 0 Å². The predicted octanol–water partition coefficient (Wildman–Crippen LogP) is 13.8. The van der Waals surface area contributed by atoms with Crippen LogP contribution in [0.2, 0.25) is 0 Å². The van der Waals surface area contributed by atoms with Crippen molar-refractivity contribution >= 4 is 50.0 Å². The van der Waals surface area contributed by atoms with E-state index in [1.807, 2.05) is 0 Å². The number of aryl methyl sites for hydroxylation is 2. The number of fused-ring (bicyclic) bond motifs is 4. The molecule has 0 aromatic heterocycles. The van der Waals surface area contributed by atoms with Gasteiger partial charge in [-0.05, 0) is 45.0 Å². The predicted molar refractivity (Wildman–Crippen MR) is 216 cm³/mol. The van der Waals surface area contributed by atoms with E-state index in [-0.39, 0.29) is 14.9 Å². The summed E-state index contributed by atoms with van der Waals surface area (Å²) in [6.07, 6.45) is 2.48. The van der Waals surface area contributed by atoms with Crippen LogP contribution in [0.1, 0.15) is 49.3 Å². The van der Waals surface area contributed by atoms with E-state index in [9.17, 15) is 0 Å². The molecule has 2 radical (unpaired) electrons. The first-order valence-corrected chi connectivity index (χ1v) is 20.8. The molecule has 246 valence electrons. The summed E-state index contributed by atoms with van der Waals surface area (Å²) in [7, 11) is 0. The third kappa shape index (κ3) is 7.82. The van der Waals surface area contributed by atoms with E-state index < -0.39 is 0 Å². The zero-order valence-electron chi connectivity index (χ0n) is 29.8. The molecule has 8 aromatic carbocycles. The van der Waals surface area contributed by atoms with Gasteiger partial charge in [0.25, 0.3) is 0 Å². The Labute approximate surface area is 311 Å². The Hall–Kier alpha value is -3.84. The van der Waals surface area contributed by atoms with Crippen LogP contribution in [0.4, 0.5) is 0 Å². The van der Waals surface area contributed by atoms with Crippen LogP contribution in [0, 0.1) is 28.7 Å². The molecule has 1 unspecified atom stereocenters. The second-order valence-electron chi connectivity index (χ2n) is 12.6.